The second-order valence-corrected chi connectivity index (χ2v) is 4.74. The molecule has 1 saturated heterocycles. The predicted octanol–water partition coefficient (Wildman–Crippen LogP) is 5.07. The minimum absolute atomic E-state index is 0.926. The molecule has 0 aliphatic carbocycles. The maximum absolute atomic E-state index is 5.00. The maximum Gasteiger partial charge on any atom is 0.119 e. The van der Waals surface area contributed by atoms with Gasteiger partial charge < -0.3 is 9.64 Å². The van der Waals surface area contributed by atoms with Crippen LogP contribution in [0.5, 0.6) is 5.75 Å². The molecule has 124 valence electrons. The number of methoxy groups -OCH3 is 1. The van der Waals surface area contributed by atoms with Gasteiger partial charge in [0.05, 0.1) is 7.11 Å². The SMILES string of the molecule is CC.CC.COc1cccc(C)c1.SCCN1CCCC1. The molecule has 0 atom stereocenters. The lowest BCUT2D eigenvalue weighted by Gasteiger charge is -2.10. The summed E-state index contributed by atoms with van der Waals surface area (Å²) in [5.41, 5.74) is 1.23. The van der Waals surface area contributed by atoms with Gasteiger partial charge in [0.2, 0.25) is 0 Å². The Labute approximate surface area is 138 Å². The van der Waals surface area contributed by atoms with Gasteiger partial charge in [0, 0.05) is 12.3 Å². The smallest absolute Gasteiger partial charge is 0.119 e. The first-order valence-electron chi connectivity index (χ1n) is 8.20. The Bertz CT molecular complexity index is 312. The molecular weight excluding hydrogens is 278 g/mol. The Morgan fingerprint density at radius 3 is 2.05 bits per heavy atom. The van der Waals surface area contributed by atoms with Gasteiger partial charge in [-0.3, -0.25) is 0 Å². The van der Waals surface area contributed by atoms with Crippen molar-refractivity contribution in [1.82, 2.24) is 4.90 Å². The molecule has 0 spiro atoms. The lowest BCUT2D eigenvalue weighted by molar-refractivity contribution is 0.362. The summed E-state index contributed by atoms with van der Waals surface area (Å²) in [6.07, 6.45) is 2.79. The second kappa shape index (κ2) is 17.4. The fraction of sp³-hybridized carbons (Fsp3) is 0.667. The number of nitrogens with zero attached hydrogens (tertiary/aromatic N) is 1. The van der Waals surface area contributed by atoms with Crippen molar-refractivity contribution in [3.05, 3.63) is 29.8 Å². The van der Waals surface area contributed by atoms with Crippen LogP contribution in [-0.2, 0) is 0 Å². The highest BCUT2D eigenvalue weighted by Gasteiger charge is 2.08. The lowest BCUT2D eigenvalue weighted by atomic mass is 10.2. The van der Waals surface area contributed by atoms with Crippen molar-refractivity contribution < 1.29 is 4.74 Å². The number of benzene rings is 1. The number of rotatable bonds is 3. The molecule has 0 saturated carbocycles. The van der Waals surface area contributed by atoms with Crippen molar-refractivity contribution in [2.45, 2.75) is 47.5 Å². The first kappa shape index (κ1) is 22.6. The van der Waals surface area contributed by atoms with E-state index in [-0.39, 0.29) is 0 Å². The Balaban J connectivity index is 0. The summed E-state index contributed by atoms with van der Waals surface area (Å²) in [5, 5.41) is 0. The number of likely N-dealkylation sites (tertiary alicyclic amines) is 1. The van der Waals surface area contributed by atoms with Crippen LogP contribution in [0.2, 0.25) is 0 Å². The van der Waals surface area contributed by atoms with Crippen LogP contribution in [0.1, 0.15) is 46.1 Å². The molecule has 0 N–H and O–H groups in total. The normalized spacial score (nSPS) is 12.9. The standard InChI is InChI=1S/C8H10O.C6H13NS.2C2H6/c1-7-4-3-5-8(6-7)9-2;8-6-5-7-3-1-2-4-7;2*1-2/h3-6H,1-2H3;8H,1-6H2;2*1-2H3. The summed E-state index contributed by atoms with van der Waals surface area (Å²) in [4.78, 5) is 2.47. The Hall–Kier alpha value is -0.670. The van der Waals surface area contributed by atoms with Gasteiger partial charge in [0.25, 0.3) is 0 Å². The Kier molecular flexibility index (Phi) is 18.7. The van der Waals surface area contributed by atoms with E-state index in [0.717, 1.165) is 11.5 Å². The summed E-state index contributed by atoms with van der Waals surface area (Å²) in [7, 11) is 1.68. The topological polar surface area (TPSA) is 12.5 Å². The third kappa shape index (κ3) is 12.8. The van der Waals surface area contributed by atoms with E-state index in [0.29, 0.717) is 0 Å². The first-order chi connectivity index (χ1) is 10.3. The predicted molar refractivity (Wildman–Crippen MR) is 100.0 cm³/mol. The third-order valence-corrected chi connectivity index (χ3v) is 3.04. The van der Waals surface area contributed by atoms with Crippen LogP contribution in [0.15, 0.2) is 24.3 Å². The number of ether oxygens (including phenoxy) is 1. The number of hydrogen-bond donors (Lipinski definition) is 1. The molecule has 1 heterocycles. The Morgan fingerprint density at radius 2 is 1.67 bits per heavy atom. The molecule has 3 heteroatoms. The lowest BCUT2D eigenvalue weighted by Crippen LogP contribution is -2.21. The number of thiol groups is 1. The van der Waals surface area contributed by atoms with Crippen LogP contribution >= 0.6 is 12.6 Å². The van der Waals surface area contributed by atoms with Crippen molar-refractivity contribution in [1.29, 1.82) is 0 Å². The van der Waals surface area contributed by atoms with E-state index < -0.39 is 0 Å². The second-order valence-electron chi connectivity index (χ2n) is 4.29. The summed E-state index contributed by atoms with van der Waals surface area (Å²) in [5.74, 6) is 1.94. The minimum Gasteiger partial charge on any atom is -0.497 e. The third-order valence-electron chi connectivity index (χ3n) is 2.84. The van der Waals surface area contributed by atoms with Crippen molar-refractivity contribution in [3.8, 4) is 5.75 Å². The van der Waals surface area contributed by atoms with Crippen molar-refractivity contribution >= 4 is 12.6 Å². The zero-order valence-electron chi connectivity index (χ0n) is 14.9. The van der Waals surface area contributed by atoms with Crippen LogP contribution in [0.25, 0.3) is 0 Å². The van der Waals surface area contributed by atoms with Gasteiger partial charge in [-0.2, -0.15) is 12.6 Å². The van der Waals surface area contributed by atoms with Gasteiger partial charge >= 0.3 is 0 Å². The summed E-state index contributed by atoms with van der Waals surface area (Å²) in [6, 6.07) is 7.96. The molecule has 1 aromatic carbocycles. The van der Waals surface area contributed by atoms with E-state index in [4.69, 9.17) is 4.74 Å². The van der Waals surface area contributed by atoms with E-state index in [9.17, 15) is 0 Å². The highest BCUT2D eigenvalue weighted by Crippen LogP contribution is 2.10. The average molecular weight is 314 g/mol. The average Bonchev–Trinajstić information content (AvgIpc) is 3.05. The van der Waals surface area contributed by atoms with E-state index in [1.807, 2.05) is 58.9 Å². The van der Waals surface area contributed by atoms with Crippen LogP contribution in [0.3, 0.4) is 0 Å². The molecule has 2 rings (SSSR count). The fourth-order valence-corrected chi connectivity index (χ4v) is 2.17. The first-order valence-corrected chi connectivity index (χ1v) is 8.83. The van der Waals surface area contributed by atoms with Gasteiger partial charge in [0.1, 0.15) is 5.75 Å². The highest BCUT2D eigenvalue weighted by atomic mass is 32.1. The van der Waals surface area contributed by atoms with Crippen molar-refractivity contribution in [3.63, 3.8) is 0 Å². The largest absolute Gasteiger partial charge is 0.497 e. The number of aryl methyl sites for hydroxylation is 1. The highest BCUT2D eigenvalue weighted by molar-refractivity contribution is 7.80. The molecule has 1 aliphatic rings. The monoisotopic (exact) mass is 313 g/mol. The van der Waals surface area contributed by atoms with Gasteiger partial charge in [-0.25, -0.2) is 0 Å². The summed E-state index contributed by atoms with van der Waals surface area (Å²) in [6.45, 7) is 13.8. The zero-order valence-corrected chi connectivity index (χ0v) is 15.7. The van der Waals surface area contributed by atoms with Gasteiger partial charge in [-0.1, -0.05) is 39.8 Å². The molecule has 0 amide bonds. The number of hydrogen-bond acceptors (Lipinski definition) is 3. The minimum atomic E-state index is 0.926. The van der Waals surface area contributed by atoms with Crippen LogP contribution < -0.4 is 4.74 Å². The molecule has 2 nitrogen and oxygen atoms in total. The Morgan fingerprint density at radius 1 is 1.10 bits per heavy atom. The summed E-state index contributed by atoms with van der Waals surface area (Å²) < 4.78 is 5.00. The molecule has 1 fully saturated rings. The molecule has 1 aliphatic heterocycles. The maximum atomic E-state index is 5.00. The van der Waals surface area contributed by atoms with Gasteiger partial charge in [-0.15, -0.1) is 0 Å². The van der Waals surface area contributed by atoms with Crippen molar-refractivity contribution in [2.75, 3.05) is 32.5 Å². The molecule has 0 aromatic heterocycles. The van der Waals surface area contributed by atoms with E-state index in [1.54, 1.807) is 7.11 Å². The van der Waals surface area contributed by atoms with Crippen LogP contribution in [0.4, 0.5) is 0 Å². The van der Waals surface area contributed by atoms with Gasteiger partial charge in [-0.05, 0) is 50.6 Å². The molecule has 0 radical (unpaired) electrons. The van der Waals surface area contributed by atoms with E-state index >= 15 is 0 Å². The van der Waals surface area contributed by atoms with Crippen LogP contribution in [-0.4, -0.2) is 37.4 Å². The molecule has 0 unspecified atom stereocenters. The molecule has 1 aromatic rings. The van der Waals surface area contributed by atoms with E-state index in [2.05, 4.69) is 17.5 Å². The van der Waals surface area contributed by atoms with Crippen LogP contribution in [0, 0.1) is 6.92 Å². The summed E-state index contributed by atoms with van der Waals surface area (Å²) >= 11 is 4.15. The quantitative estimate of drug-likeness (QED) is 0.782. The van der Waals surface area contributed by atoms with E-state index in [1.165, 1.54) is 38.0 Å². The molecular formula is C18H35NOS. The molecule has 21 heavy (non-hydrogen) atoms. The molecule has 0 bridgehead atoms. The van der Waals surface area contributed by atoms with Crippen molar-refractivity contribution in [2.24, 2.45) is 0 Å². The van der Waals surface area contributed by atoms with Gasteiger partial charge in [0.15, 0.2) is 0 Å². The zero-order chi connectivity index (χ0) is 16.5. The fourth-order valence-electron chi connectivity index (χ4n) is 1.89.